The molecule has 0 heterocycles. The van der Waals surface area contributed by atoms with Crippen molar-refractivity contribution in [1.82, 2.24) is 10.2 Å². The Morgan fingerprint density at radius 1 is 1.22 bits per heavy atom. The van der Waals surface area contributed by atoms with E-state index in [0.29, 0.717) is 6.04 Å². The van der Waals surface area contributed by atoms with Crippen molar-refractivity contribution in [2.45, 2.75) is 70.4 Å². The van der Waals surface area contributed by atoms with Crippen molar-refractivity contribution in [3.63, 3.8) is 0 Å². The van der Waals surface area contributed by atoms with Crippen molar-refractivity contribution in [3.05, 3.63) is 0 Å². The van der Waals surface area contributed by atoms with Crippen molar-refractivity contribution in [2.75, 3.05) is 26.7 Å². The summed E-state index contributed by atoms with van der Waals surface area (Å²) in [5, 5.41) is 13.1. The number of aliphatic hydroxyl groups excluding tert-OH is 1. The molecule has 0 aromatic carbocycles. The van der Waals surface area contributed by atoms with E-state index in [4.69, 9.17) is 0 Å². The Balaban J connectivity index is 2.09. The molecule has 3 heteroatoms. The van der Waals surface area contributed by atoms with Gasteiger partial charge in [-0.2, -0.15) is 0 Å². The summed E-state index contributed by atoms with van der Waals surface area (Å²) < 4.78 is 0. The van der Waals surface area contributed by atoms with Crippen molar-refractivity contribution >= 4 is 0 Å². The van der Waals surface area contributed by atoms with Crippen LogP contribution in [0.2, 0.25) is 0 Å². The van der Waals surface area contributed by atoms with Crippen LogP contribution in [-0.2, 0) is 0 Å². The second kappa shape index (κ2) is 8.13. The van der Waals surface area contributed by atoms with Gasteiger partial charge in [-0.05, 0) is 59.2 Å². The lowest BCUT2D eigenvalue weighted by Gasteiger charge is -2.30. The first kappa shape index (κ1) is 15.9. The molecular formula is C15H32N2O. The van der Waals surface area contributed by atoms with Gasteiger partial charge in [0.15, 0.2) is 0 Å². The summed E-state index contributed by atoms with van der Waals surface area (Å²) in [6.07, 6.45) is 8.74. The van der Waals surface area contributed by atoms with Gasteiger partial charge in [-0.25, -0.2) is 0 Å². The monoisotopic (exact) mass is 256 g/mol. The maximum atomic E-state index is 9.52. The molecule has 0 bridgehead atoms. The van der Waals surface area contributed by atoms with Crippen LogP contribution in [0.1, 0.15) is 58.8 Å². The maximum Gasteiger partial charge on any atom is 0.0610 e. The molecule has 0 aliphatic heterocycles. The van der Waals surface area contributed by atoms with Gasteiger partial charge in [-0.3, -0.25) is 0 Å². The van der Waals surface area contributed by atoms with Gasteiger partial charge in [0.1, 0.15) is 0 Å². The first-order valence-electron chi connectivity index (χ1n) is 7.67. The van der Waals surface area contributed by atoms with Crippen LogP contribution in [0.25, 0.3) is 0 Å². The predicted molar refractivity (Wildman–Crippen MR) is 77.9 cm³/mol. The predicted octanol–water partition coefficient (Wildman–Crippen LogP) is 2.39. The van der Waals surface area contributed by atoms with Crippen LogP contribution in [0.5, 0.6) is 0 Å². The molecular weight excluding hydrogens is 224 g/mol. The van der Waals surface area contributed by atoms with Crippen molar-refractivity contribution in [3.8, 4) is 0 Å². The minimum absolute atomic E-state index is 0.0641. The third kappa shape index (κ3) is 6.72. The lowest BCUT2D eigenvalue weighted by Crippen LogP contribution is -2.47. The van der Waals surface area contributed by atoms with Gasteiger partial charge >= 0.3 is 0 Å². The van der Waals surface area contributed by atoms with Crippen LogP contribution in [0, 0.1) is 0 Å². The minimum atomic E-state index is -0.0641. The fraction of sp³-hybridized carbons (Fsp3) is 1.00. The average molecular weight is 256 g/mol. The van der Waals surface area contributed by atoms with Crippen LogP contribution in [0.15, 0.2) is 0 Å². The zero-order valence-electron chi connectivity index (χ0n) is 12.5. The minimum Gasteiger partial charge on any atom is -0.394 e. The maximum absolute atomic E-state index is 9.52. The number of nitrogens with zero attached hydrogens (tertiary/aromatic N) is 1. The molecule has 1 aliphatic carbocycles. The highest BCUT2D eigenvalue weighted by molar-refractivity contribution is 4.92. The highest BCUT2D eigenvalue weighted by Gasteiger charge is 2.31. The summed E-state index contributed by atoms with van der Waals surface area (Å²) in [5.74, 6) is 0. The summed E-state index contributed by atoms with van der Waals surface area (Å²) in [5.41, 5.74) is -0.0641. The largest absolute Gasteiger partial charge is 0.394 e. The molecule has 1 unspecified atom stereocenters. The summed E-state index contributed by atoms with van der Waals surface area (Å²) in [7, 11) is 2.21. The van der Waals surface area contributed by atoms with Gasteiger partial charge in [0, 0.05) is 11.6 Å². The Kier molecular flexibility index (Phi) is 7.20. The van der Waals surface area contributed by atoms with Crippen LogP contribution < -0.4 is 5.32 Å². The normalized spacial score (nSPS) is 19.2. The second-order valence-electron chi connectivity index (χ2n) is 6.25. The van der Waals surface area contributed by atoms with E-state index in [9.17, 15) is 5.11 Å². The molecule has 0 aromatic heterocycles. The van der Waals surface area contributed by atoms with Crippen LogP contribution >= 0.6 is 0 Å². The number of nitrogens with one attached hydrogen (secondary N) is 1. The molecule has 2 N–H and O–H groups in total. The molecule has 0 saturated heterocycles. The fourth-order valence-corrected chi connectivity index (χ4v) is 2.40. The molecule has 0 radical (unpaired) electrons. The average Bonchev–Trinajstić information content (AvgIpc) is 3.13. The van der Waals surface area contributed by atoms with E-state index in [0.717, 1.165) is 13.0 Å². The Bertz CT molecular complexity index is 219. The Labute approximate surface area is 113 Å². The van der Waals surface area contributed by atoms with E-state index in [1.54, 1.807) is 0 Å². The molecule has 0 amide bonds. The Morgan fingerprint density at radius 3 is 2.44 bits per heavy atom. The van der Waals surface area contributed by atoms with Crippen molar-refractivity contribution in [1.29, 1.82) is 0 Å². The summed E-state index contributed by atoms with van der Waals surface area (Å²) in [4.78, 5) is 2.42. The van der Waals surface area contributed by atoms with Crippen molar-refractivity contribution in [2.24, 2.45) is 0 Å². The molecule has 0 spiro atoms. The third-order valence-corrected chi connectivity index (χ3v) is 3.89. The molecule has 1 atom stereocenters. The van der Waals surface area contributed by atoms with Crippen LogP contribution in [-0.4, -0.2) is 48.3 Å². The van der Waals surface area contributed by atoms with Gasteiger partial charge in [0.05, 0.1) is 6.61 Å². The lowest BCUT2D eigenvalue weighted by molar-refractivity contribution is 0.157. The first-order chi connectivity index (χ1) is 8.59. The summed E-state index contributed by atoms with van der Waals surface area (Å²) in [6, 6.07) is 0.671. The van der Waals surface area contributed by atoms with Crippen LogP contribution in [0.4, 0.5) is 0 Å². The molecule has 1 rings (SSSR count). The molecule has 3 nitrogen and oxygen atoms in total. The zero-order valence-corrected chi connectivity index (χ0v) is 12.5. The second-order valence-corrected chi connectivity index (χ2v) is 6.25. The van der Waals surface area contributed by atoms with E-state index < -0.39 is 0 Å². The van der Waals surface area contributed by atoms with Gasteiger partial charge in [-0.1, -0.05) is 19.8 Å². The van der Waals surface area contributed by atoms with Gasteiger partial charge in [0.2, 0.25) is 0 Å². The topological polar surface area (TPSA) is 35.5 Å². The molecule has 1 fully saturated rings. The number of hydrogen-bond acceptors (Lipinski definition) is 3. The quantitative estimate of drug-likeness (QED) is 0.557. The Morgan fingerprint density at radius 2 is 1.89 bits per heavy atom. The Hall–Kier alpha value is -0.120. The van der Waals surface area contributed by atoms with Gasteiger partial charge in [0.25, 0.3) is 0 Å². The van der Waals surface area contributed by atoms with Crippen molar-refractivity contribution < 1.29 is 5.11 Å². The molecule has 18 heavy (non-hydrogen) atoms. The summed E-state index contributed by atoms with van der Waals surface area (Å²) in [6.45, 7) is 7.01. The molecule has 0 aromatic rings. The third-order valence-electron chi connectivity index (χ3n) is 3.89. The SMILES string of the molecule is CCCCCN(C)CCCC(C)(CO)NC1CC1. The smallest absolute Gasteiger partial charge is 0.0610 e. The lowest BCUT2D eigenvalue weighted by atomic mass is 9.96. The van der Waals surface area contributed by atoms with E-state index in [2.05, 4.69) is 31.1 Å². The first-order valence-corrected chi connectivity index (χ1v) is 7.67. The summed E-state index contributed by atoms with van der Waals surface area (Å²) >= 11 is 0. The van der Waals surface area contributed by atoms with E-state index in [1.807, 2.05) is 0 Å². The molecule has 1 saturated carbocycles. The fourth-order valence-electron chi connectivity index (χ4n) is 2.40. The number of rotatable bonds is 11. The van der Waals surface area contributed by atoms with Gasteiger partial charge < -0.3 is 15.3 Å². The number of aliphatic hydroxyl groups is 1. The van der Waals surface area contributed by atoms with Gasteiger partial charge in [-0.15, -0.1) is 0 Å². The zero-order chi connectivity index (χ0) is 13.4. The number of unbranched alkanes of at least 4 members (excludes halogenated alkanes) is 2. The standard InChI is InChI=1S/C15H32N2O/c1-4-5-6-11-17(3)12-7-10-15(2,13-18)16-14-8-9-14/h14,16,18H,4-13H2,1-3H3. The number of hydrogen-bond donors (Lipinski definition) is 2. The van der Waals surface area contributed by atoms with Crippen LogP contribution in [0.3, 0.4) is 0 Å². The highest BCUT2D eigenvalue weighted by atomic mass is 16.3. The van der Waals surface area contributed by atoms with E-state index >= 15 is 0 Å². The molecule has 108 valence electrons. The van der Waals surface area contributed by atoms with E-state index in [-0.39, 0.29) is 12.1 Å². The van der Waals surface area contributed by atoms with E-state index in [1.165, 1.54) is 45.1 Å². The molecule has 1 aliphatic rings. The highest BCUT2D eigenvalue weighted by Crippen LogP contribution is 2.24.